The molecule has 88 valence electrons. The van der Waals surface area contributed by atoms with Crippen LogP contribution in [0.15, 0.2) is 12.2 Å². The molecule has 0 aliphatic rings. The second-order valence-electron chi connectivity index (χ2n) is 2.52. The van der Waals surface area contributed by atoms with E-state index in [4.69, 9.17) is 5.11 Å². The van der Waals surface area contributed by atoms with Crippen molar-refractivity contribution in [2.75, 3.05) is 13.6 Å². The van der Waals surface area contributed by atoms with Crippen molar-refractivity contribution in [3.05, 3.63) is 12.2 Å². The highest BCUT2D eigenvalue weighted by molar-refractivity contribution is 6.03. The Balaban J connectivity index is 3.92. The maximum Gasteiger partial charge on any atom is 0.328 e. The summed E-state index contributed by atoms with van der Waals surface area (Å²) in [6, 6.07) is -0.886. The van der Waals surface area contributed by atoms with E-state index in [1.807, 2.05) is 0 Å². The molecule has 16 heavy (non-hydrogen) atoms. The second kappa shape index (κ2) is 6.98. The lowest BCUT2D eigenvalue weighted by Crippen LogP contribution is -2.43. The minimum absolute atomic E-state index is 0.280. The van der Waals surface area contributed by atoms with Gasteiger partial charge in [0.25, 0.3) is 5.91 Å². The predicted octanol–water partition coefficient (Wildman–Crippen LogP) is -1.80. The van der Waals surface area contributed by atoms with Crippen molar-refractivity contribution in [2.24, 2.45) is 0 Å². The van der Waals surface area contributed by atoms with Gasteiger partial charge in [-0.05, 0) is 0 Å². The molecule has 0 bridgehead atoms. The topological polar surface area (TPSA) is 125 Å². The van der Waals surface area contributed by atoms with Gasteiger partial charge in [0.15, 0.2) is 0 Å². The molecule has 4 amide bonds. The average molecular weight is 229 g/mol. The number of imide groups is 1. The monoisotopic (exact) mass is 229 g/mol. The van der Waals surface area contributed by atoms with E-state index < -0.39 is 23.8 Å². The summed E-state index contributed by atoms with van der Waals surface area (Å²) < 4.78 is 0. The van der Waals surface area contributed by atoms with Crippen molar-refractivity contribution >= 4 is 23.8 Å². The van der Waals surface area contributed by atoms with Gasteiger partial charge in [0.2, 0.25) is 5.91 Å². The fourth-order valence-corrected chi connectivity index (χ4v) is 0.594. The SMILES string of the molecule is CNC(=O)CNC(=O)NC(=O)/C=C/C(=O)O. The third kappa shape index (κ3) is 7.06. The van der Waals surface area contributed by atoms with Crippen LogP contribution in [-0.2, 0) is 14.4 Å². The first kappa shape index (κ1) is 13.6. The van der Waals surface area contributed by atoms with E-state index in [9.17, 15) is 19.2 Å². The van der Waals surface area contributed by atoms with Gasteiger partial charge in [-0.15, -0.1) is 0 Å². The standard InChI is InChI=1S/C8H11N3O5/c1-9-6(13)4-10-8(16)11-5(12)2-3-7(14)15/h2-3H,4H2,1H3,(H,9,13)(H,14,15)(H2,10,11,12,16)/b3-2+. The number of amides is 4. The van der Waals surface area contributed by atoms with Gasteiger partial charge in [-0.25, -0.2) is 9.59 Å². The number of aliphatic carboxylic acids is 1. The van der Waals surface area contributed by atoms with Crippen molar-refractivity contribution in [1.82, 2.24) is 16.0 Å². The van der Waals surface area contributed by atoms with Crippen molar-refractivity contribution in [3.63, 3.8) is 0 Å². The summed E-state index contributed by atoms with van der Waals surface area (Å²) in [5.74, 6) is -2.62. The number of urea groups is 1. The first-order chi connectivity index (χ1) is 7.45. The van der Waals surface area contributed by atoms with E-state index in [0.717, 1.165) is 0 Å². The fraction of sp³-hybridized carbons (Fsp3) is 0.250. The Morgan fingerprint density at radius 3 is 2.31 bits per heavy atom. The van der Waals surface area contributed by atoms with Crippen molar-refractivity contribution < 1.29 is 24.3 Å². The summed E-state index contributed by atoms with van der Waals surface area (Å²) in [4.78, 5) is 42.5. The Bertz CT molecular complexity index is 337. The highest BCUT2D eigenvalue weighted by atomic mass is 16.4. The smallest absolute Gasteiger partial charge is 0.328 e. The van der Waals surface area contributed by atoms with Crippen LogP contribution in [0.25, 0.3) is 0 Å². The van der Waals surface area contributed by atoms with Crippen molar-refractivity contribution in [3.8, 4) is 0 Å². The molecular weight excluding hydrogens is 218 g/mol. The summed E-state index contributed by atoms with van der Waals surface area (Å²) in [5.41, 5.74) is 0. The van der Waals surface area contributed by atoms with Gasteiger partial charge >= 0.3 is 12.0 Å². The Morgan fingerprint density at radius 1 is 1.19 bits per heavy atom. The Hall–Kier alpha value is -2.38. The second-order valence-corrected chi connectivity index (χ2v) is 2.52. The molecule has 0 rings (SSSR count). The van der Waals surface area contributed by atoms with E-state index in [0.29, 0.717) is 12.2 Å². The number of carbonyl (C=O) groups excluding carboxylic acids is 3. The molecule has 0 radical (unpaired) electrons. The summed E-state index contributed by atoms with van der Waals surface area (Å²) in [7, 11) is 1.39. The minimum Gasteiger partial charge on any atom is -0.478 e. The lowest BCUT2D eigenvalue weighted by Gasteiger charge is -2.03. The van der Waals surface area contributed by atoms with Gasteiger partial charge in [0, 0.05) is 19.2 Å². The van der Waals surface area contributed by atoms with Crippen LogP contribution in [-0.4, -0.2) is 42.5 Å². The van der Waals surface area contributed by atoms with Gasteiger partial charge in [-0.3, -0.25) is 14.9 Å². The first-order valence-corrected chi connectivity index (χ1v) is 4.16. The molecule has 0 spiro atoms. The molecule has 0 aliphatic carbocycles. The van der Waals surface area contributed by atoms with Crippen LogP contribution in [0.5, 0.6) is 0 Å². The molecule has 0 fully saturated rings. The molecule has 0 heterocycles. The zero-order chi connectivity index (χ0) is 12.6. The molecule has 8 heteroatoms. The number of hydrogen-bond acceptors (Lipinski definition) is 4. The molecule has 0 saturated heterocycles. The normalized spacial score (nSPS) is 9.56. The third-order valence-corrected chi connectivity index (χ3v) is 1.30. The van der Waals surface area contributed by atoms with Crippen LogP contribution < -0.4 is 16.0 Å². The quantitative estimate of drug-likeness (QED) is 0.423. The molecule has 0 unspecified atom stereocenters. The largest absolute Gasteiger partial charge is 0.478 e. The Kier molecular flexibility index (Phi) is 5.95. The van der Waals surface area contributed by atoms with Crippen LogP contribution in [0.1, 0.15) is 0 Å². The molecule has 0 saturated carbocycles. The van der Waals surface area contributed by atoms with Gasteiger partial charge in [-0.2, -0.15) is 0 Å². The Labute approximate surface area is 90.7 Å². The van der Waals surface area contributed by atoms with Gasteiger partial charge < -0.3 is 15.7 Å². The van der Waals surface area contributed by atoms with E-state index in [1.54, 1.807) is 5.32 Å². The molecule has 0 aromatic rings. The summed E-state index contributed by atoms with van der Waals surface area (Å²) in [5, 5.41) is 14.3. The number of likely N-dealkylation sites (N-methyl/N-ethyl adjacent to an activating group) is 1. The zero-order valence-corrected chi connectivity index (χ0v) is 8.44. The number of hydrogen-bond donors (Lipinski definition) is 4. The molecule has 4 N–H and O–H groups in total. The van der Waals surface area contributed by atoms with Crippen LogP contribution >= 0.6 is 0 Å². The summed E-state index contributed by atoms with van der Waals surface area (Å²) >= 11 is 0. The van der Waals surface area contributed by atoms with Gasteiger partial charge in [0.05, 0.1) is 6.54 Å². The highest BCUT2D eigenvalue weighted by Gasteiger charge is 2.06. The predicted molar refractivity (Wildman–Crippen MR) is 52.4 cm³/mol. The van der Waals surface area contributed by atoms with Crippen LogP contribution in [0, 0.1) is 0 Å². The molecule has 0 aliphatic heterocycles. The molecule has 0 atom stereocenters. The maximum absolute atomic E-state index is 10.9. The van der Waals surface area contributed by atoms with Gasteiger partial charge in [0.1, 0.15) is 0 Å². The maximum atomic E-state index is 10.9. The van der Waals surface area contributed by atoms with Crippen molar-refractivity contribution in [1.29, 1.82) is 0 Å². The van der Waals surface area contributed by atoms with Crippen LogP contribution in [0.4, 0.5) is 4.79 Å². The molecule has 0 aromatic carbocycles. The minimum atomic E-state index is -1.30. The van der Waals surface area contributed by atoms with Crippen LogP contribution in [0.3, 0.4) is 0 Å². The van der Waals surface area contributed by atoms with E-state index in [2.05, 4.69) is 10.6 Å². The fourth-order valence-electron chi connectivity index (χ4n) is 0.594. The molecule has 8 nitrogen and oxygen atoms in total. The molecule has 0 aromatic heterocycles. The molecular formula is C8H11N3O5. The van der Waals surface area contributed by atoms with E-state index >= 15 is 0 Å². The number of carbonyl (C=O) groups is 4. The van der Waals surface area contributed by atoms with E-state index in [-0.39, 0.29) is 6.54 Å². The number of nitrogens with one attached hydrogen (secondary N) is 3. The third-order valence-electron chi connectivity index (χ3n) is 1.30. The number of carboxylic acids is 1. The number of rotatable bonds is 4. The average Bonchev–Trinajstić information content (AvgIpc) is 2.23. The summed E-state index contributed by atoms with van der Waals surface area (Å²) in [6.45, 7) is -0.280. The highest BCUT2D eigenvalue weighted by Crippen LogP contribution is 1.75. The lowest BCUT2D eigenvalue weighted by atomic mass is 10.5. The van der Waals surface area contributed by atoms with E-state index in [1.165, 1.54) is 7.05 Å². The summed E-state index contributed by atoms with van der Waals surface area (Å²) in [6.07, 6.45) is 1.27. The first-order valence-electron chi connectivity index (χ1n) is 4.16. The lowest BCUT2D eigenvalue weighted by molar-refractivity contribution is -0.131. The Morgan fingerprint density at radius 2 is 1.81 bits per heavy atom. The number of carboxylic acid groups (broad SMARTS) is 1. The van der Waals surface area contributed by atoms with Crippen molar-refractivity contribution in [2.45, 2.75) is 0 Å². The van der Waals surface area contributed by atoms with Gasteiger partial charge in [-0.1, -0.05) is 0 Å². The van der Waals surface area contributed by atoms with Crippen LogP contribution in [0.2, 0.25) is 0 Å². The zero-order valence-electron chi connectivity index (χ0n) is 8.44.